The van der Waals surface area contributed by atoms with Crippen LogP contribution >= 0.6 is 11.6 Å². The van der Waals surface area contributed by atoms with E-state index in [0.29, 0.717) is 50.9 Å². The Morgan fingerprint density at radius 3 is 2.81 bits per heavy atom. The number of fused-ring (bicyclic) bond motifs is 2. The van der Waals surface area contributed by atoms with Gasteiger partial charge in [-0.15, -0.1) is 0 Å². The minimum absolute atomic E-state index is 0.0278. The molecule has 6 atom stereocenters. The summed E-state index contributed by atoms with van der Waals surface area (Å²) < 4.78 is 62.9. The van der Waals surface area contributed by atoms with Gasteiger partial charge in [0.2, 0.25) is 15.9 Å². The van der Waals surface area contributed by atoms with Crippen LogP contribution < -0.4 is 16.4 Å². The molecule has 5 rings (SSSR count). The number of amides is 1. The van der Waals surface area contributed by atoms with Crippen molar-refractivity contribution in [3.05, 3.63) is 58.4 Å². The van der Waals surface area contributed by atoms with Gasteiger partial charge < -0.3 is 21.1 Å². The predicted molar refractivity (Wildman–Crippen MR) is 161 cm³/mol. The highest BCUT2D eigenvalue weighted by molar-refractivity contribution is 7.89. The highest BCUT2D eigenvalue weighted by Crippen LogP contribution is 2.40. The fourth-order valence-corrected chi connectivity index (χ4v) is 8.76. The topological polar surface area (TPSA) is 127 Å². The van der Waals surface area contributed by atoms with Gasteiger partial charge in [0.05, 0.1) is 40.5 Å². The number of sulfonamides is 1. The number of aromatic nitrogens is 1. The molecule has 3 aliphatic heterocycles. The lowest BCUT2D eigenvalue weighted by Crippen LogP contribution is -2.57. The summed E-state index contributed by atoms with van der Waals surface area (Å²) in [6.45, 7) is 5.28. The molecule has 4 N–H and O–H groups in total. The van der Waals surface area contributed by atoms with Crippen LogP contribution in [0.2, 0.25) is 5.02 Å². The predicted octanol–water partition coefficient (Wildman–Crippen LogP) is 3.97. The van der Waals surface area contributed by atoms with E-state index in [9.17, 15) is 17.6 Å². The van der Waals surface area contributed by atoms with Gasteiger partial charge in [0, 0.05) is 43.3 Å². The summed E-state index contributed by atoms with van der Waals surface area (Å²) in [5.74, 6) is -2.31. The highest BCUT2D eigenvalue weighted by atomic mass is 35.5. The maximum absolute atomic E-state index is 15.1. The Morgan fingerprint density at radius 2 is 2.07 bits per heavy atom. The van der Waals surface area contributed by atoms with Crippen molar-refractivity contribution in [2.75, 3.05) is 30.8 Å². The first-order chi connectivity index (χ1) is 20.3. The van der Waals surface area contributed by atoms with Gasteiger partial charge in [0.25, 0.3) is 0 Å². The van der Waals surface area contributed by atoms with Gasteiger partial charge >= 0.3 is 0 Å². The third-order valence-corrected chi connectivity index (χ3v) is 11.3. The Balaban J connectivity index is 1.36. The molecule has 236 valence electrons. The summed E-state index contributed by atoms with van der Waals surface area (Å²) in [7, 11) is -3.40. The van der Waals surface area contributed by atoms with Crippen LogP contribution in [0.5, 0.6) is 0 Å². The van der Waals surface area contributed by atoms with Crippen LogP contribution in [0, 0.1) is 17.6 Å². The largest absolute Gasteiger partial charge is 0.376 e. The first kappa shape index (κ1) is 32.2. The van der Waals surface area contributed by atoms with Crippen LogP contribution in [0.4, 0.5) is 14.5 Å². The van der Waals surface area contributed by atoms with Crippen molar-refractivity contribution in [3.63, 3.8) is 0 Å². The Hall–Kier alpha value is -2.22. The van der Waals surface area contributed by atoms with E-state index in [0.717, 1.165) is 12.6 Å². The second-order valence-corrected chi connectivity index (χ2v) is 15.0. The van der Waals surface area contributed by atoms with Gasteiger partial charge in [-0.25, -0.2) is 17.2 Å². The molecule has 2 bridgehead atoms. The lowest BCUT2D eigenvalue weighted by molar-refractivity contribution is -0.119. The summed E-state index contributed by atoms with van der Waals surface area (Å²) in [5, 5.41) is 6.17. The van der Waals surface area contributed by atoms with E-state index in [1.807, 2.05) is 13.8 Å². The number of carbonyl (C=O) groups excluding carboxylic acids is 1. The molecule has 3 saturated heterocycles. The average molecular weight is 640 g/mol. The monoisotopic (exact) mass is 639 g/mol. The maximum atomic E-state index is 15.1. The van der Waals surface area contributed by atoms with Gasteiger partial charge in [-0.05, 0) is 76.0 Å². The minimum atomic E-state index is -3.40. The zero-order valence-electron chi connectivity index (χ0n) is 24.5. The standard InChI is InChI=1S/C30H40ClF2N5O4S/c1-30(2)13-19(9-10-42-30)27(18-5-8-23(31)24(32)12-18)28(34)29(39)37-26-16-35-15-25(33)22(26)7-6-21-14-36-20-4-3-11-43(40,41)38(21)17-20/h5,8,12,15-16,19-21,27-28,36H,3-4,6-7,9-11,13-14,17,34H2,1-2H3,(H,37,39). The molecule has 1 amide bonds. The molecule has 6 unspecified atom stereocenters. The molecular formula is C30H40ClF2N5O4S. The van der Waals surface area contributed by atoms with Gasteiger partial charge in [-0.3, -0.25) is 9.78 Å². The number of ether oxygens (including phenoxy) is 1. The summed E-state index contributed by atoms with van der Waals surface area (Å²) in [6.07, 6.45) is 5.62. The van der Waals surface area contributed by atoms with Crippen molar-refractivity contribution in [1.82, 2.24) is 14.6 Å². The van der Waals surface area contributed by atoms with E-state index in [1.165, 1.54) is 18.3 Å². The quantitative estimate of drug-likeness (QED) is 0.399. The Labute approximate surface area is 256 Å². The Kier molecular flexibility index (Phi) is 9.75. The maximum Gasteiger partial charge on any atom is 0.241 e. The molecule has 43 heavy (non-hydrogen) atoms. The second kappa shape index (κ2) is 13.0. The number of carbonyl (C=O) groups is 1. The van der Waals surface area contributed by atoms with E-state index in [4.69, 9.17) is 22.1 Å². The zero-order valence-corrected chi connectivity index (χ0v) is 26.1. The van der Waals surface area contributed by atoms with Crippen molar-refractivity contribution in [2.45, 2.75) is 82.0 Å². The van der Waals surface area contributed by atoms with Crippen LogP contribution in [-0.4, -0.2) is 72.8 Å². The molecule has 0 radical (unpaired) electrons. The van der Waals surface area contributed by atoms with Crippen molar-refractivity contribution >= 4 is 33.2 Å². The van der Waals surface area contributed by atoms with Crippen molar-refractivity contribution in [3.8, 4) is 0 Å². The Bertz CT molecular complexity index is 1450. The van der Waals surface area contributed by atoms with E-state index in [2.05, 4.69) is 15.6 Å². The molecular weight excluding hydrogens is 600 g/mol. The van der Waals surface area contributed by atoms with Crippen LogP contribution in [0.3, 0.4) is 0 Å². The number of pyridine rings is 1. The number of anilines is 1. The average Bonchev–Trinajstić information content (AvgIpc) is 3.06. The van der Waals surface area contributed by atoms with Crippen LogP contribution in [0.15, 0.2) is 30.6 Å². The first-order valence-corrected chi connectivity index (χ1v) is 16.8. The first-order valence-electron chi connectivity index (χ1n) is 14.9. The van der Waals surface area contributed by atoms with Crippen molar-refractivity contribution in [1.29, 1.82) is 0 Å². The number of nitrogens with zero attached hydrogens (tertiary/aromatic N) is 2. The van der Waals surface area contributed by atoms with Gasteiger partial charge in [-0.1, -0.05) is 17.7 Å². The molecule has 0 aliphatic carbocycles. The molecule has 1 aromatic heterocycles. The minimum Gasteiger partial charge on any atom is -0.376 e. The number of halogens is 3. The molecule has 0 spiro atoms. The third-order valence-electron chi connectivity index (χ3n) is 9.01. The van der Waals surface area contributed by atoms with Gasteiger partial charge in [0.1, 0.15) is 11.6 Å². The molecule has 13 heteroatoms. The number of benzene rings is 1. The number of nitrogens with two attached hydrogens (primary N) is 1. The van der Waals surface area contributed by atoms with E-state index >= 15 is 4.39 Å². The van der Waals surface area contributed by atoms with E-state index in [1.54, 1.807) is 10.4 Å². The highest BCUT2D eigenvalue weighted by Gasteiger charge is 2.40. The fourth-order valence-electron chi connectivity index (χ4n) is 6.84. The molecule has 9 nitrogen and oxygen atoms in total. The van der Waals surface area contributed by atoms with Crippen LogP contribution in [0.1, 0.15) is 63.0 Å². The normalized spacial score (nSPS) is 28.0. The van der Waals surface area contributed by atoms with E-state index in [-0.39, 0.29) is 46.4 Å². The third kappa shape index (κ3) is 7.37. The van der Waals surface area contributed by atoms with Crippen LogP contribution in [0.25, 0.3) is 0 Å². The fraction of sp³-hybridized carbons (Fsp3) is 0.600. The lowest BCUT2D eigenvalue weighted by atomic mass is 9.73. The van der Waals surface area contributed by atoms with Gasteiger partial charge in [-0.2, -0.15) is 4.31 Å². The van der Waals surface area contributed by atoms with Crippen molar-refractivity contribution < 1.29 is 26.7 Å². The molecule has 4 heterocycles. The molecule has 3 fully saturated rings. The summed E-state index contributed by atoms with van der Waals surface area (Å²) in [4.78, 5) is 17.6. The SMILES string of the molecule is CC1(C)CC(C(c2ccc(Cl)c(F)c2)C(N)C(=O)Nc2cncc(F)c2CCC2CNC3CCCS(=O)(=O)N2C3)CCO1. The molecule has 0 saturated carbocycles. The number of rotatable bonds is 8. The number of hydrogen-bond acceptors (Lipinski definition) is 7. The number of piperazine rings is 1. The molecule has 3 aliphatic rings. The summed E-state index contributed by atoms with van der Waals surface area (Å²) in [5.41, 5.74) is 7.13. The summed E-state index contributed by atoms with van der Waals surface area (Å²) >= 11 is 5.95. The van der Waals surface area contributed by atoms with Crippen molar-refractivity contribution in [2.24, 2.45) is 11.7 Å². The van der Waals surface area contributed by atoms with Gasteiger partial charge in [0.15, 0.2) is 0 Å². The number of hydrogen-bond donors (Lipinski definition) is 3. The smallest absolute Gasteiger partial charge is 0.241 e. The molecule has 1 aromatic carbocycles. The van der Waals surface area contributed by atoms with E-state index < -0.39 is 45.1 Å². The van der Waals surface area contributed by atoms with Crippen LogP contribution in [-0.2, 0) is 26.0 Å². The number of nitrogens with one attached hydrogen (secondary N) is 2. The Morgan fingerprint density at radius 1 is 1.28 bits per heavy atom. The summed E-state index contributed by atoms with van der Waals surface area (Å²) in [6, 6.07) is 3.13. The second-order valence-electron chi connectivity index (χ2n) is 12.5. The lowest BCUT2D eigenvalue weighted by Gasteiger charge is -2.41. The molecule has 2 aromatic rings. The zero-order chi connectivity index (χ0) is 30.9.